The Hall–Kier alpha value is -2.77. The normalized spacial score (nSPS) is 18.4. The van der Waals surface area contributed by atoms with E-state index in [1.165, 1.54) is 17.3 Å². The number of carbonyl (C=O) groups is 1. The molecule has 2 aromatic carbocycles. The summed E-state index contributed by atoms with van der Waals surface area (Å²) in [5, 5.41) is 0.800. The number of thioether (sulfide) groups is 1. The Labute approximate surface area is 187 Å². The van der Waals surface area contributed by atoms with E-state index < -0.39 is 0 Å². The molecule has 0 radical (unpaired) electrons. The maximum Gasteiger partial charge on any atom is 0.286 e. The Morgan fingerprint density at radius 3 is 2.55 bits per heavy atom. The van der Waals surface area contributed by atoms with Crippen molar-refractivity contribution in [1.82, 2.24) is 9.80 Å². The predicted molar refractivity (Wildman–Crippen MR) is 125 cm³/mol. The maximum absolute atomic E-state index is 12.5. The summed E-state index contributed by atoms with van der Waals surface area (Å²) in [7, 11) is 1.61. The Morgan fingerprint density at radius 2 is 1.84 bits per heavy atom. The summed E-state index contributed by atoms with van der Waals surface area (Å²) < 4.78 is 11.0. The van der Waals surface area contributed by atoms with Crippen LogP contribution in [0.2, 0.25) is 0 Å². The van der Waals surface area contributed by atoms with E-state index in [-0.39, 0.29) is 5.91 Å². The van der Waals surface area contributed by atoms with Crippen molar-refractivity contribution in [2.45, 2.75) is 13.5 Å². The Morgan fingerprint density at radius 1 is 1.06 bits per heavy atom. The zero-order chi connectivity index (χ0) is 21.6. The quantitative estimate of drug-likeness (QED) is 0.640. The van der Waals surface area contributed by atoms with Crippen LogP contribution in [0.15, 0.2) is 58.4 Å². The van der Waals surface area contributed by atoms with E-state index in [1.54, 1.807) is 7.11 Å². The molecule has 4 rings (SSSR count). The summed E-state index contributed by atoms with van der Waals surface area (Å²) in [5.74, 6) is 1.17. The molecule has 1 fully saturated rings. The van der Waals surface area contributed by atoms with Crippen molar-refractivity contribution in [3.8, 4) is 11.5 Å². The van der Waals surface area contributed by atoms with E-state index in [0.717, 1.165) is 43.5 Å². The van der Waals surface area contributed by atoms with Crippen molar-refractivity contribution in [1.29, 1.82) is 0 Å². The summed E-state index contributed by atoms with van der Waals surface area (Å²) in [6, 6.07) is 16.2. The minimum absolute atomic E-state index is 0.181. The molecule has 6 nitrogen and oxygen atoms in total. The number of ether oxygens (including phenoxy) is 2. The predicted octanol–water partition coefficient (Wildman–Crippen LogP) is 3.88. The fourth-order valence-corrected chi connectivity index (χ4v) is 4.64. The minimum Gasteiger partial charge on any atom is -0.493 e. The van der Waals surface area contributed by atoms with Gasteiger partial charge in [0.1, 0.15) is 0 Å². The van der Waals surface area contributed by atoms with Crippen LogP contribution in [-0.2, 0) is 11.3 Å². The molecule has 0 unspecified atom stereocenters. The monoisotopic (exact) mass is 437 g/mol. The van der Waals surface area contributed by atoms with Crippen molar-refractivity contribution < 1.29 is 14.3 Å². The van der Waals surface area contributed by atoms with Crippen LogP contribution >= 0.6 is 11.8 Å². The lowest BCUT2D eigenvalue weighted by molar-refractivity contribution is -0.113. The third-order valence-electron chi connectivity index (χ3n) is 5.29. The molecule has 0 bridgehead atoms. The first-order chi connectivity index (χ1) is 15.2. The molecule has 0 saturated carbocycles. The number of nitrogens with zero attached hydrogens (tertiary/aromatic N) is 3. The van der Waals surface area contributed by atoms with E-state index in [1.807, 2.05) is 37.3 Å². The van der Waals surface area contributed by atoms with E-state index in [9.17, 15) is 4.79 Å². The molecule has 2 aliphatic heterocycles. The van der Waals surface area contributed by atoms with Gasteiger partial charge in [-0.25, -0.2) is 0 Å². The van der Waals surface area contributed by atoms with Gasteiger partial charge in [-0.3, -0.25) is 9.69 Å². The standard InChI is InChI=1S/C24H27N3O3S/c1-3-30-20-10-9-19(15-21(20)29-2)16-22-23(28)25-24(31-22)27-13-11-26(12-14-27)17-18-7-5-4-6-8-18/h4-10,15-16H,3,11-14,17H2,1-2H3/b22-16+. The van der Waals surface area contributed by atoms with Gasteiger partial charge in [-0.15, -0.1) is 0 Å². The third kappa shape index (κ3) is 5.29. The fraction of sp³-hybridized carbons (Fsp3) is 0.333. The smallest absolute Gasteiger partial charge is 0.286 e. The lowest BCUT2D eigenvalue weighted by atomic mass is 10.2. The number of amides is 1. The molecule has 162 valence electrons. The highest BCUT2D eigenvalue weighted by atomic mass is 32.2. The van der Waals surface area contributed by atoms with Gasteiger partial charge in [0, 0.05) is 32.7 Å². The van der Waals surface area contributed by atoms with Crippen LogP contribution in [0.5, 0.6) is 11.5 Å². The van der Waals surface area contributed by atoms with Gasteiger partial charge in [-0.2, -0.15) is 4.99 Å². The number of carbonyl (C=O) groups excluding carboxylic acids is 1. The highest BCUT2D eigenvalue weighted by Gasteiger charge is 2.28. The van der Waals surface area contributed by atoms with Gasteiger partial charge in [0.25, 0.3) is 5.91 Å². The number of methoxy groups -OCH3 is 1. The summed E-state index contributed by atoms with van der Waals surface area (Å²) in [6.07, 6.45) is 1.87. The maximum atomic E-state index is 12.5. The zero-order valence-corrected chi connectivity index (χ0v) is 18.7. The molecule has 0 aromatic heterocycles. The topological polar surface area (TPSA) is 54.4 Å². The number of hydrogen-bond donors (Lipinski definition) is 0. The van der Waals surface area contributed by atoms with Crippen molar-refractivity contribution in [3.63, 3.8) is 0 Å². The third-order valence-corrected chi connectivity index (χ3v) is 6.33. The van der Waals surface area contributed by atoms with E-state index in [2.05, 4.69) is 39.1 Å². The molecule has 1 saturated heterocycles. The fourth-order valence-electron chi connectivity index (χ4n) is 3.67. The molecule has 2 aromatic rings. The van der Waals surface area contributed by atoms with Crippen molar-refractivity contribution in [3.05, 3.63) is 64.6 Å². The van der Waals surface area contributed by atoms with Crippen LogP contribution in [0.1, 0.15) is 18.1 Å². The van der Waals surface area contributed by atoms with Crippen LogP contribution < -0.4 is 9.47 Å². The van der Waals surface area contributed by atoms with Crippen LogP contribution in [0.4, 0.5) is 0 Å². The van der Waals surface area contributed by atoms with Gasteiger partial charge in [0.2, 0.25) is 0 Å². The molecule has 2 aliphatic rings. The number of aliphatic imine (C=N–C) groups is 1. The first kappa shape index (κ1) is 21.5. The second-order valence-electron chi connectivity index (χ2n) is 7.40. The average Bonchev–Trinajstić information content (AvgIpc) is 3.16. The van der Waals surface area contributed by atoms with E-state index in [0.29, 0.717) is 23.0 Å². The molecule has 0 aliphatic carbocycles. The zero-order valence-electron chi connectivity index (χ0n) is 17.9. The van der Waals surface area contributed by atoms with Crippen LogP contribution in [-0.4, -0.2) is 60.8 Å². The van der Waals surface area contributed by atoms with Crippen LogP contribution in [0.3, 0.4) is 0 Å². The van der Waals surface area contributed by atoms with Gasteiger partial charge in [-0.1, -0.05) is 36.4 Å². The number of piperazine rings is 1. The first-order valence-corrected chi connectivity index (χ1v) is 11.3. The number of amidine groups is 1. The van der Waals surface area contributed by atoms with E-state index >= 15 is 0 Å². The minimum atomic E-state index is -0.181. The van der Waals surface area contributed by atoms with Gasteiger partial charge < -0.3 is 14.4 Å². The largest absolute Gasteiger partial charge is 0.493 e. The molecule has 1 amide bonds. The first-order valence-electron chi connectivity index (χ1n) is 10.5. The SMILES string of the molecule is CCOc1ccc(/C=C2/SC(N3CCN(Cc4ccccc4)CC3)=NC2=O)cc1OC. The Kier molecular flexibility index (Phi) is 6.94. The van der Waals surface area contributed by atoms with Crippen LogP contribution in [0.25, 0.3) is 6.08 Å². The second-order valence-corrected chi connectivity index (χ2v) is 8.41. The van der Waals surface area contributed by atoms with Crippen molar-refractivity contribution >= 4 is 28.9 Å². The number of rotatable bonds is 6. The van der Waals surface area contributed by atoms with Crippen molar-refractivity contribution in [2.24, 2.45) is 4.99 Å². The van der Waals surface area contributed by atoms with E-state index in [4.69, 9.17) is 9.47 Å². The van der Waals surface area contributed by atoms with Crippen LogP contribution in [0, 0.1) is 0 Å². The average molecular weight is 438 g/mol. The Bertz CT molecular complexity index is 983. The molecular formula is C24H27N3O3S. The molecule has 0 N–H and O–H groups in total. The highest BCUT2D eigenvalue weighted by Crippen LogP contribution is 2.33. The molecular weight excluding hydrogens is 410 g/mol. The second kappa shape index (κ2) is 10.0. The molecule has 2 heterocycles. The van der Waals surface area contributed by atoms with Gasteiger partial charge in [0.15, 0.2) is 16.7 Å². The van der Waals surface area contributed by atoms with Gasteiger partial charge in [-0.05, 0) is 48.0 Å². The lowest BCUT2D eigenvalue weighted by Gasteiger charge is -2.35. The summed E-state index contributed by atoms with van der Waals surface area (Å²) >= 11 is 1.45. The summed E-state index contributed by atoms with van der Waals surface area (Å²) in [4.78, 5) is 22.1. The molecule has 7 heteroatoms. The molecule has 0 spiro atoms. The number of hydrogen-bond acceptors (Lipinski definition) is 6. The van der Waals surface area contributed by atoms with Gasteiger partial charge >= 0.3 is 0 Å². The summed E-state index contributed by atoms with van der Waals surface area (Å²) in [6.45, 7) is 7.12. The lowest BCUT2D eigenvalue weighted by Crippen LogP contribution is -2.47. The molecule has 0 atom stereocenters. The highest BCUT2D eigenvalue weighted by molar-refractivity contribution is 8.18. The molecule has 31 heavy (non-hydrogen) atoms. The number of benzene rings is 2. The van der Waals surface area contributed by atoms with Crippen molar-refractivity contribution in [2.75, 3.05) is 39.9 Å². The summed E-state index contributed by atoms with van der Waals surface area (Å²) in [5.41, 5.74) is 2.22. The Balaban J connectivity index is 1.36. The van der Waals surface area contributed by atoms with Gasteiger partial charge in [0.05, 0.1) is 18.6 Å².